The number of thiophene rings is 1. The topological polar surface area (TPSA) is 12.0 Å². The van der Waals surface area contributed by atoms with Crippen molar-refractivity contribution in [3.05, 3.63) is 21.9 Å². The van der Waals surface area contributed by atoms with Gasteiger partial charge in [-0.1, -0.05) is 19.8 Å². The summed E-state index contributed by atoms with van der Waals surface area (Å²) in [6, 6.07) is 5.19. The second-order valence-electron chi connectivity index (χ2n) is 4.68. The smallest absolute Gasteiger partial charge is 0.0302 e. The number of rotatable bonds is 6. The van der Waals surface area contributed by atoms with Crippen molar-refractivity contribution in [1.82, 2.24) is 5.32 Å². The molecule has 0 aliphatic heterocycles. The lowest BCUT2D eigenvalue weighted by atomic mass is 10.1. The summed E-state index contributed by atoms with van der Waals surface area (Å²) >= 11 is 1.91. The lowest BCUT2D eigenvalue weighted by molar-refractivity contribution is 0.446. The molecule has 1 unspecified atom stereocenters. The van der Waals surface area contributed by atoms with Gasteiger partial charge in [0.2, 0.25) is 0 Å². The maximum absolute atomic E-state index is 3.68. The molecule has 0 spiro atoms. The van der Waals surface area contributed by atoms with Crippen LogP contribution in [0.3, 0.4) is 0 Å². The fourth-order valence-corrected chi connectivity index (χ4v) is 2.82. The Morgan fingerprint density at radius 1 is 1.47 bits per heavy atom. The summed E-state index contributed by atoms with van der Waals surface area (Å²) in [5.74, 6) is 1.03. The zero-order valence-electron chi connectivity index (χ0n) is 9.75. The van der Waals surface area contributed by atoms with Gasteiger partial charge in [0.05, 0.1) is 0 Å². The zero-order chi connectivity index (χ0) is 10.7. The van der Waals surface area contributed by atoms with Crippen molar-refractivity contribution in [3.63, 3.8) is 0 Å². The van der Waals surface area contributed by atoms with Gasteiger partial charge < -0.3 is 5.32 Å². The van der Waals surface area contributed by atoms with Gasteiger partial charge in [0.15, 0.2) is 0 Å². The van der Waals surface area contributed by atoms with Crippen LogP contribution in [0.2, 0.25) is 0 Å². The second-order valence-corrected chi connectivity index (χ2v) is 6.05. The molecular formula is C13H21NS. The lowest BCUT2D eigenvalue weighted by Gasteiger charge is -2.15. The van der Waals surface area contributed by atoms with Crippen LogP contribution in [-0.2, 0) is 6.54 Å². The maximum Gasteiger partial charge on any atom is 0.0302 e. The van der Waals surface area contributed by atoms with E-state index in [0.717, 1.165) is 18.5 Å². The highest BCUT2D eigenvalue weighted by molar-refractivity contribution is 7.11. The first-order valence-corrected chi connectivity index (χ1v) is 6.88. The van der Waals surface area contributed by atoms with Crippen LogP contribution in [0.15, 0.2) is 12.1 Å². The predicted molar refractivity (Wildman–Crippen MR) is 67.3 cm³/mol. The van der Waals surface area contributed by atoms with Crippen LogP contribution in [0.1, 0.15) is 42.4 Å². The minimum Gasteiger partial charge on any atom is -0.309 e. The number of hydrogen-bond acceptors (Lipinski definition) is 2. The molecule has 1 fully saturated rings. The number of aryl methyl sites for hydroxylation is 1. The fraction of sp³-hybridized carbons (Fsp3) is 0.692. The van der Waals surface area contributed by atoms with E-state index < -0.39 is 0 Å². The molecule has 1 aliphatic rings. The van der Waals surface area contributed by atoms with E-state index in [-0.39, 0.29) is 0 Å². The van der Waals surface area contributed by atoms with E-state index in [0.29, 0.717) is 0 Å². The maximum atomic E-state index is 3.68. The fourth-order valence-electron chi connectivity index (χ4n) is 1.98. The van der Waals surface area contributed by atoms with Crippen molar-refractivity contribution in [3.8, 4) is 0 Å². The summed E-state index contributed by atoms with van der Waals surface area (Å²) in [5, 5.41) is 3.68. The van der Waals surface area contributed by atoms with Crippen molar-refractivity contribution in [2.45, 2.75) is 52.1 Å². The minimum absolute atomic E-state index is 0.736. The van der Waals surface area contributed by atoms with E-state index in [4.69, 9.17) is 0 Å². The average Bonchev–Trinajstić information content (AvgIpc) is 2.95. The Balaban J connectivity index is 1.74. The van der Waals surface area contributed by atoms with Crippen LogP contribution >= 0.6 is 11.3 Å². The van der Waals surface area contributed by atoms with Gasteiger partial charge in [0.1, 0.15) is 0 Å². The Morgan fingerprint density at radius 2 is 2.27 bits per heavy atom. The van der Waals surface area contributed by atoms with Gasteiger partial charge in [-0.2, -0.15) is 0 Å². The summed E-state index contributed by atoms with van der Waals surface area (Å²) in [4.78, 5) is 2.89. The minimum atomic E-state index is 0.736. The standard InChI is InChI=1S/C13H21NS/c1-3-12(8-11-5-6-11)14-9-13-7-4-10(2)15-13/h4,7,11-12,14H,3,5-6,8-9H2,1-2H3. The molecule has 0 amide bonds. The molecule has 84 valence electrons. The van der Waals surface area contributed by atoms with Crippen LogP contribution in [-0.4, -0.2) is 6.04 Å². The second kappa shape index (κ2) is 5.13. The molecule has 2 rings (SSSR count). The third-order valence-corrected chi connectivity index (χ3v) is 4.17. The zero-order valence-corrected chi connectivity index (χ0v) is 10.6. The molecule has 1 N–H and O–H groups in total. The molecule has 1 atom stereocenters. The van der Waals surface area contributed by atoms with Gasteiger partial charge in [0, 0.05) is 22.3 Å². The average molecular weight is 223 g/mol. The molecule has 1 saturated carbocycles. The summed E-state index contributed by atoms with van der Waals surface area (Å²) in [6.07, 6.45) is 5.59. The lowest BCUT2D eigenvalue weighted by Crippen LogP contribution is -2.28. The molecule has 1 heterocycles. The van der Waals surface area contributed by atoms with Gasteiger partial charge in [-0.3, -0.25) is 0 Å². The monoisotopic (exact) mass is 223 g/mol. The SMILES string of the molecule is CCC(CC1CC1)NCc1ccc(C)s1. The summed E-state index contributed by atoms with van der Waals surface area (Å²) in [5.41, 5.74) is 0. The van der Waals surface area contributed by atoms with Gasteiger partial charge >= 0.3 is 0 Å². The van der Waals surface area contributed by atoms with E-state index in [9.17, 15) is 0 Å². The molecule has 1 aromatic rings. The molecule has 0 aromatic carbocycles. The highest BCUT2D eigenvalue weighted by Gasteiger charge is 2.24. The molecule has 1 aromatic heterocycles. The van der Waals surface area contributed by atoms with Gasteiger partial charge in [-0.25, -0.2) is 0 Å². The number of nitrogens with one attached hydrogen (secondary N) is 1. The van der Waals surface area contributed by atoms with Crippen molar-refractivity contribution in [2.24, 2.45) is 5.92 Å². The van der Waals surface area contributed by atoms with E-state index in [1.54, 1.807) is 0 Å². The van der Waals surface area contributed by atoms with Crippen LogP contribution in [0, 0.1) is 12.8 Å². The Hall–Kier alpha value is -0.340. The Labute approximate surface area is 96.9 Å². The van der Waals surface area contributed by atoms with Crippen molar-refractivity contribution < 1.29 is 0 Å². The molecule has 1 nitrogen and oxygen atoms in total. The van der Waals surface area contributed by atoms with Crippen LogP contribution < -0.4 is 5.32 Å². The van der Waals surface area contributed by atoms with Crippen molar-refractivity contribution in [1.29, 1.82) is 0 Å². The molecule has 1 aliphatic carbocycles. The van der Waals surface area contributed by atoms with E-state index in [1.807, 2.05) is 11.3 Å². The summed E-state index contributed by atoms with van der Waals surface area (Å²) < 4.78 is 0. The number of hydrogen-bond donors (Lipinski definition) is 1. The predicted octanol–water partition coefficient (Wildman–Crippen LogP) is 3.72. The highest BCUT2D eigenvalue weighted by atomic mass is 32.1. The van der Waals surface area contributed by atoms with Crippen LogP contribution in [0.5, 0.6) is 0 Å². The van der Waals surface area contributed by atoms with Crippen LogP contribution in [0.4, 0.5) is 0 Å². The van der Waals surface area contributed by atoms with Crippen molar-refractivity contribution >= 4 is 11.3 Å². The first-order valence-electron chi connectivity index (χ1n) is 6.06. The molecule has 0 bridgehead atoms. The Kier molecular flexibility index (Phi) is 3.81. The normalized spacial score (nSPS) is 18.0. The third kappa shape index (κ3) is 3.62. The largest absolute Gasteiger partial charge is 0.309 e. The van der Waals surface area contributed by atoms with Crippen LogP contribution in [0.25, 0.3) is 0 Å². The Bertz CT molecular complexity index is 301. The van der Waals surface area contributed by atoms with Gasteiger partial charge in [-0.15, -0.1) is 11.3 Å². The molecule has 0 radical (unpaired) electrons. The van der Waals surface area contributed by atoms with E-state index in [2.05, 4.69) is 31.3 Å². The summed E-state index contributed by atoms with van der Waals surface area (Å²) in [7, 11) is 0. The molecule has 2 heteroatoms. The van der Waals surface area contributed by atoms with E-state index >= 15 is 0 Å². The van der Waals surface area contributed by atoms with Crippen molar-refractivity contribution in [2.75, 3.05) is 0 Å². The quantitative estimate of drug-likeness (QED) is 0.775. The molecule has 15 heavy (non-hydrogen) atoms. The first-order chi connectivity index (χ1) is 7.28. The van der Waals surface area contributed by atoms with E-state index in [1.165, 1.54) is 35.4 Å². The third-order valence-electron chi connectivity index (χ3n) is 3.17. The highest BCUT2D eigenvalue weighted by Crippen LogP contribution is 2.34. The summed E-state index contributed by atoms with van der Waals surface area (Å²) in [6.45, 7) is 5.53. The van der Waals surface area contributed by atoms with Gasteiger partial charge in [-0.05, 0) is 37.8 Å². The molecule has 0 saturated heterocycles. The van der Waals surface area contributed by atoms with Gasteiger partial charge in [0.25, 0.3) is 0 Å². The molecular weight excluding hydrogens is 202 g/mol. The first kappa shape index (κ1) is 11.2. The Morgan fingerprint density at radius 3 is 2.80 bits per heavy atom.